The zero-order valence-electron chi connectivity index (χ0n) is 14.1. The first-order valence-corrected chi connectivity index (χ1v) is 8.35. The van der Waals surface area contributed by atoms with Gasteiger partial charge in [0.2, 0.25) is 0 Å². The van der Waals surface area contributed by atoms with Crippen LogP contribution >= 0.6 is 12.4 Å². The molecule has 1 N–H and O–H groups in total. The zero-order chi connectivity index (χ0) is 15.9. The topological polar surface area (TPSA) is 37.4 Å². The first-order chi connectivity index (χ1) is 11.3. The van der Waals surface area contributed by atoms with Crippen LogP contribution in [0.2, 0.25) is 0 Å². The number of nitrogens with one attached hydrogen (secondary N) is 1. The molecule has 1 atom stereocenters. The average molecular weight is 348 g/mol. The van der Waals surface area contributed by atoms with Crippen molar-refractivity contribution in [3.8, 4) is 5.75 Å². The van der Waals surface area contributed by atoms with E-state index in [-0.39, 0.29) is 12.4 Å². The number of likely N-dealkylation sites (tertiary alicyclic amines) is 1. The van der Waals surface area contributed by atoms with Gasteiger partial charge in [0, 0.05) is 25.3 Å². The SMILES string of the molecule is CNC1CCCN(Cc2cccc(OCc3ccccn3)c2)C1.Cl. The molecule has 1 aliphatic heterocycles. The van der Waals surface area contributed by atoms with E-state index in [9.17, 15) is 0 Å². The number of hydrogen-bond acceptors (Lipinski definition) is 4. The van der Waals surface area contributed by atoms with Crippen LogP contribution < -0.4 is 10.1 Å². The van der Waals surface area contributed by atoms with Crippen molar-refractivity contribution >= 4 is 12.4 Å². The van der Waals surface area contributed by atoms with Crippen molar-refractivity contribution in [2.45, 2.75) is 32.0 Å². The number of aromatic nitrogens is 1. The van der Waals surface area contributed by atoms with Crippen LogP contribution in [0.5, 0.6) is 5.75 Å². The van der Waals surface area contributed by atoms with Gasteiger partial charge in [-0.1, -0.05) is 18.2 Å². The monoisotopic (exact) mass is 347 g/mol. The Morgan fingerprint density at radius 2 is 2.17 bits per heavy atom. The summed E-state index contributed by atoms with van der Waals surface area (Å²) in [7, 11) is 2.06. The van der Waals surface area contributed by atoms with Crippen molar-refractivity contribution in [1.29, 1.82) is 0 Å². The summed E-state index contributed by atoms with van der Waals surface area (Å²) in [5.41, 5.74) is 2.26. The van der Waals surface area contributed by atoms with Crippen molar-refractivity contribution < 1.29 is 4.74 Å². The molecule has 0 amide bonds. The van der Waals surface area contributed by atoms with E-state index >= 15 is 0 Å². The van der Waals surface area contributed by atoms with Crippen LogP contribution in [0.15, 0.2) is 48.7 Å². The molecule has 0 bridgehead atoms. The Labute approximate surface area is 150 Å². The number of halogens is 1. The molecule has 1 unspecified atom stereocenters. The summed E-state index contributed by atoms with van der Waals surface area (Å²) in [6.45, 7) is 3.79. The van der Waals surface area contributed by atoms with E-state index in [0.29, 0.717) is 12.6 Å². The number of ether oxygens (including phenoxy) is 1. The predicted octanol–water partition coefficient (Wildman–Crippen LogP) is 3.27. The molecule has 2 heterocycles. The first-order valence-electron chi connectivity index (χ1n) is 8.35. The zero-order valence-corrected chi connectivity index (χ0v) is 15.0. The van der Waals surface area contributed by atoms with Gasteiger partial charge >= 0.3 is 0 Å². The standard InChI is InChI=1S/C19H25N3O.ClH/c1-20-17-8-5-11-22(14-17)13-16-6-4-9-19(12-16)23-15-18-7-2-3-10-21-18;/h2-4,6-7,9-10,12,17,20H,5,8,11,13-15H2,1H3;1H. The largest absolute Gasteiger partial charge is 0.487 e. The minimum atomic E-state index is 0. The molecule has 1 saturated heterocycles. The fourth-order valence-corrected chi connectivity index (χ4v) is 3.07. The van der Waals surface area contributed by atoms with Gasteiger partial charge in [-0.2, -0.15) is 0 Å². The fourth-order valence-electron chi connectivity index (χ4n) is 3.07. The summed E-state index contributed by atoms with van der Waals surface area (Å²) in [4.78, 5) is 6.80. The van der Waals surface area contributed by atoms with Gasteiger partial charge in [0.25, 0.3) is 0 Å². The highest BCUT2D eigenvalue weighted by Crippen LogP contribution is 2.18. The molecule has 5 heteroatoms. The molecule has 4 nitrogen and oxygen atoms in total. The molecule has 0 radical (unpaired) electrons. The Kier molecular flexibility index (Phi) is 7.50. The van der Waals surface area contributed by atoms with Gasteiger partial charge in [0.15, 0.2) is 0 Å². The number of benzene rings is 1. The highest BCUT2D eigenvalue weighted by molar-refractivity contribution is 5.85. The van der Waals surface area contributed by atoms with Crippen molar-refractivity contribution in [3.05, 3.63) is 59.9 Å². The van der Waals surface area contributed by atoms with Gasteiger partial charge in [0.05, 0.1) is 5.69 Å². The Balaban J connectivity index is 0.00000208. The highest BCUT2D eigenvalue weighted by Gasteiger charge is 2.18. The van der Waals surface area contributed by atoms with Crippen LogP contribution in [0.3, 0.4) is 0 Å². The highest BCUT2D eigenvalue weighted by atomic mass is 35.5. The maximum absolute atomic E-state index is 5.87. The molecular formula is C19H26ClN3O. The number of pyridine rings is 1. The Morgan fingerprint density at radius 3 is 2.96 bits per heavy atom. The molecule has 0 aliphatic carbocycles. The summed E-state index contributed by atoms with van der Waals surface area (Å²) >= 11 is 0. The van der Waals surface area contributed by atoms with Crippen LogP contribution in [0.4, 0.5) is 0 Å². The van der Waals surface area contributed by atoms with Gasteiger partial charge in [-0.15, -0.1) is 12.4 Å². The lowest BCUT2D eigenvalue weighted by molar-refractivity contribution is 0.187. The quantitative estimate of drug-likeness (QED) is 0.870. The van der Waals surface area contributed by atoms with Crippen molar-refractivity contribution in [3.63, 3.8) is 0 Å². The smallest absolute Gasteiger partial charge is 0.130 e. The molecule has 1 aliphatic rings. The summed E-state index contributed by atoms with van der Waals surface area (Å²) in [6, 6.07) is 14.9. The Hall–Kier alpha value is -1.62. The number of piperidine rings is 1. The molecule has 1 aromatic heterocycles. The Morgan fingerprint density at radius 1 is 1.25 bits per heavy atom. The lowest BCUT2D eigenvalue weighted by Gasteiger charge is -2.32. The molecular weight excluding hydrogens is 322 g/mol. The second kappa shape index (κ2) is 9.62. The van der Waals surface area contributed by atoms with Crippen LogP contribution in [0.25, 0.3) is 0 Å². The lowest BCUT2D eigenvalue weighted by atomic mass is 10.0. The molecule has 2 aromatic rings. The maximum Gasteiger partial charge on any atom is 0.130 e. The van der Waals surface area contributed by atoms with Gasteiger partial charge in [-0.05, 0) is 56.3 Å². The summed E-state index contributed by atoms with van der Waals surface area (Å²) < 4.78 is 5.87. The minimum absolute atomic E-state index is 0. The maximum atomic E-state index is 5.87. The second-order valence-electron chi connectivity index (χ2n) is 6.12. The van der Waals surface area contributed by atoms with Gasteiger partial charge < -0.3 is 10.1 Å². The third-order valence-corrected chi connectivity index (χ3v) is 4.33. The van der Waals surface area contributed by atoms with Crippen LogP contribution in [0, 0.1) is 0 Å². The Bertz CT molecular complexity index is 609. The van der Waals surface area contributed by atoms with Gasteiger partial charge in [-0.25, -0.2) is 0 Å². The summed E-state index contributed by atoms with van der Waals surface area (Å²) in [5.74, 6) is 0.912. The van der Waals surface area contributed by atoms with Gasteiger partial charge in [-0.3, -0.25) is 9.88 Å². The van der Waals surface area contributed by atoms with E-state index in [1.807, 2.05) is 24.3 Å². The molecule has 130 valence electrons. The van der Waals surface area contributed by atoms with Crippen LogP contribution in [-0.2, 0) is 13.2 Å². The normalized spacial score (nSPS) is 18.0. The summed E-state index contributed by atoms with van der Waals surface area (Å²) in [5, 5.41) is 3.40. The lowest BCUT2D eigenvalue weighted by Crippen LogP contribution is -2.43. The molecule has 0 saturated carbocycles. The third kappa shape index (κ3) is 5.48. The number of rotatable bonds is 6. The van der Waals surface area contributed by atoms with Crippen LogP contribution in [0.1, 0.15) is 24.1 Å². The van der Waals surface area contributed by atoms with E-state index in [2.05, 4.69) is 40.4 Å². The molecule has 0 spiro atoms. The number of hydrogen-bond donors (Lipinski definition) is 1. The van der Waals surface area contributed by atoms with Crippen molar-refractivity contribution in [2.75, 3.05) is 20.1 Å². The molecule has 1 fully saturated rings. The minimum Gasteiger partial charge on any atom is -0.487 e. The molecule has 3 rings (SSSR count). The average Bonchev–Trinajstić information content (AvgIpc) is 2.61. The van der Waals surface area contributed by atoms with E-state index in [1.54, 1.807) is 6.20 Å². The molecule has 1 aromatic carbocycles. The number of nitrogens with zero attached hydrogens (tertiary/aromatic N) is 2. The van der Waals surface area contributed by atoms with Gasteiger partial charge in [0.1, 0.15) is 12.4 Å². The fraction of sp³-hybridized carbons (Fsp3) is 0.421. The third-order valence-electron chi connectivity index (χ3n) is 4.33. The van der Waals surface area contributed by atoms with E-state index < -0.39 is 0 Å². The van der Waals surface area contributed by atoms with Crippen molar-refractivity contribution in [2.24, 2.45) is 0 Å². The van der Waals surface area contributed by atoms with E-state index in [0.717, 1.165) is 24.5 Å². The molecule has 24 heavy (non-hydrogen) atoms. The summed E-state index contributed by atoms with van der Waals surface area (Å²) in [6.07, 6.45) is 4.34. The van der Waals surface area contributed by atoms with E-state index in [1.165, 1.54) is 24.9 Å². The predicted molar refractivity (Wildman–Crippen MR) is 99.6 cm³/mol. The number of likely N-dealkylation sites (N-methyl/N-ethyl adjacent to an activating group) is 1. The van der Waals surface area contributed by atoms with Crippen LogP contribution in [-0.4, -0.2) is 36.1 Å². The second-order valence-corrected chi connectivity index (χ2v) is 6.12. The van der Waals surface area contributed by atoms with E-state index in [4.69, 9.17) is 4.74 Å². The first kappa shape index (κ1) is 18.7. The van der Waals surface area contributed by atoms with Crippen molar-refractivity contribution in [1.82, 2.24) is 15.2 Å².